The second kappa shape index (κ2) is 36.2. The quantitative estimate of drug-likeness (QED) is 0.0380. The van der Waals surface area contributed by atoms with Crippen LogP contribution < -0.4 is 0 Å². The molecule has 0 rings (SSSR count). The molecule has 0 fully saturated rings. The lowest BCUT2D eigenvalue weighted by molar-refractivity contribution is -0.167. The number of carbonyl (C=O) groups is 4. The third-order valence-electron chi connectivity index (χ3n) is 10.2. The van der Waals surface area contributed by atoms with E-state index in [-0.39, 0.29) is 37.5 Å². The highest BCUT2D eigenvalue weighted by atomic mass is 16.6. The predicted octanol–water partition coefficient (Wildman–Crippen LogP) is 12.1. The van der Waals surface area contributed by atoms with Crippen molar-refractivity contribution in [3.8, 4) is 0 Å². The summed E-state index contributed by atoms with van der Waals surface area (Å²) in [6.45, 7) is 7.57. The van der Waals surface area contributed by atoms with E-state index in [1.807, 2.05) is 0 Å². The fourth-order valence-electron chi connectivity index (χ4n) is 6.29. The van der Waals surface area contributed by atoms with E-state index in [1.54, 1.807) is 13.8 Å². The topological polar surface area (TPSA) is 116 Å². The molecule has 0 aliphatic heterocycles. The minimum atomic E-state index is -0.903. The van der Waals surface area contributed by atoms with Crippen LogP contribution in [0.5, 0.6) is 0 Å². The van der Waals surface area contributed by atoms with Gasteiger partial charge in [-0.3, -0.25) is 19.2 Å². The number of carboxylic acids is 1. The lowest BCUT2D eigenvalue weighted by Gasteiger charge is -2.19. The molecule has 2 unspecified atom stereocenters. The van der Waals surface area contributed by atoms with E-state index < -0.39 is 24.0 Å². The maximum atomic E-state index is 12.6. The van der Waals surface area contributed by atoms with Crippen molar-refractivity contribution in [2.45, 2.75) is 226 Å². The molecule has 0 saturated carbocycles. The summed E-state index contributed by atoms with van der Waals surface area (Å²) < 4.78 is 16.4. The number of carbonyl (C=O) groups excluding carboxylic acids is 3. The molecule has 300 valence electrons. The van der Waals surface area contributed by atoms with Gasteiger partial charge in [0.2, 0.25) is 0 Å². The molecule has 8 heteroatoms. The van der Waals surface area contributed by atoms with E-state index in [4.69, 9.17) is 14.2 Å². The highest BCUT2D eigenvalue weighted by Gasteiger charge is 2.23. The molecule has 1 N–H and O–H groups in total. The maximum Gasteiger partial charge on any atom is 0.306 e. The Labute approximate surface area is 313 Å². The molecule has 0 aliphatic carbocycles. The van der Waals surface area contributed by atoms with Crippen molar-refractivity contribution in [2.75, 3.05) is 13.2 Å². The zero-order valence-electron chi connectivity index (χ0n) is 33.7. The van der Waals surface area contributed by atoms with E-state index in [2.05, 4.69) is 13.8 Å². The van der Waals surface area contributed by atoms with E-state index in [0.717, 1.165) is 38.5 Å². The summed E-state index contributed by atoms with van der Waals surface area (Å²) in [5.41, 5.74) is 0. The molecule has 0 saturated heterocycles. The Morgan fingerprint density at radius 3 is 1.08 bits per heavy atom. The summed E-state index contributed by atoms with van der Waals surface area (Å²) in [6, 6.07) is 0. The average molecular weight is 725 g/mol. The lowest BCUT2D eigenvalue weighted by atomic mass is 9.92. The van der Waals surface area contributed by atoms with Gasteiger partial charge in [0.15, 0.2) is 6.10 Å². The summed E-state index contributed by atoms with van der Waals surface area (Å²) in [4.78, 5) is 48.8. The summed E-state index contributed by atoms with van der Waals surface area (Å²) in [5, 5.41) is 9.24. The van der Waals surface area contributed by atoms with Crippen molar-refractivity contribution in [2.24, 2.45) is 11.8 Å². The molecule has 0 aromatic rings. The molecule has 51 heavy (non-hydrogen) atoms. The van der Waals surface area contributed by atoms with Crippen LogP contribution in [0.3, 0.4) is 0 Å². The van der Waals surface area contributed by atoms with Gasteiger partial charge in [-0.2, -0.15) is 0 Å². The molecular formula is C43H80O8. The van der Waals surface area contributed by atoms with Gasteiger partial charge >= 0.3 is 23.9 Å². The predicted molar refractivity (Wildman–Crippen MR) is 208 cm³/mol. The van der Waals surface area contributed by atoms with Crippen LogP contribution in [0.1, 0.15) is 220 Å². The number of unbranched alkanes of at least 4 members (excludes halogenated alkanes) is 24. The van der Waals surface area contributed by atoms with Crippen LogP contribution in [0.15, 0.2) is 0 Å². The number of rotatable bonds is 38. The van der Waals surface area contributed by atoms with Gasteiger partial charge in [0.1, 0.15) is 13.2 Å². The first-order valence-corrected chi connectivity index (χ1v) is 21.4. The molecule has 0 aromatic carbocycles. The van der Waals surface area contributed by atoms with Crippen molar-refractivity contribution < 1.29 is 38.5 Å². The molecule has 0 spiro atoms. The lowest BCUT2D eigenvalue weighted by Crippen LogP contribution is -2.31. The van der Waals surface area contributed by atoms with Gasteiger partial charge in [-0.25, -0.2) is 0 Å². The van der Waals surface area contributed by atoms with Crippen molar-refractivity contribution in [3.05, 3.63) is 0 Å². The monoisotopic (exact) mass is 725 g/mol. The van der Waals surface area contributed by atoms with E-state index in [1.165, 1.54) is 128 Å². The summed E-state index contributed by atoms with van der Waals surface area (Å²) >= 11 is 0. The first-order chi connectivity index (χ1) is 24.7. The van der Waals surface area contributed by atoms with Crippen molar-refractivity contribution in [1.29, 1.82) is 0 Å². The Morgan fingerprint density at radius 2 is 0.765 bits per heavy atom. The smallest absolute Gasteiger partial charge is 0.306 e. The fraction of sp³-hybridized carbons (Fsp3) is 0.907. The van der Waals surface area contributed by atoms with Gasteiger partial charge in [-0.15, -0.1) is 0 Å². The number of aliphatic carboxylic acids is 1. The Kier molecular flexibility index (Phi) is 34.7. The minimum absolute atomic E-state index is 0.0368. The number of hydrogen-bond acceptors (Lipinski definition) is 7. The molecular weight excluding hydrogens is 644 g/mol. The van der Waals surface area contributed by atoms with Crippen LogP contribution >= 0.6 is 0 Å². The summed E-state index contributed by atoms with van der Waals surface area (Å²) in [5.74, 6) is -2.90. The van der Waals surface area contributed by atoms with Crippen molar-refractivity contribution >= 4 is 23.9 Å². The van der Waals surface area contributed by atoms with Gasteiger partial charge in [0, 0.05) is 19.3 Å². The molecule has 0 heterocycles. The summed E-state index contributed by atoms with van der Waals surface area (Å²) in [7, 11) is 0. The Hall–Kier alpha value is -2.12. The van der Waals surface area contributed by atoms with Crippen LogP contribution in [0.4, 0.5) is 0 Å². The molecule has 2 atom stereocenters. The molecule has 8 nitrogen and oxygen atoms in total. The molecule has 0 bridgehead atoms. The van der Waals surface area contributed by atoms with Crippen LogP contribution in [0.2, 0.25) is 0 Å². The first kappa shape index (κ1) is 48.9. The van der Waals surface area contributed by atoms with Gasteiger partial charge < -0.3 is 19.3 Å². The highest BCUT2D eigenvalue weighted by molar-refractivity contribution is 5.72. The maximum absolute atomic E-state index is 12.6. The third kappa shape index (κ3) is 33.5. The third-order valence-corrected chi connectivity index (χ3v) is 10.2. The fourth-order valence-corrected chi connectivity index (χ4v) is 6.29. The zero-order valence-corrected chi connectivity index (χ0v) is 33.7. The van der Waals surface area contributed by atoms with Crippen LogP contribution in [0, 0.1) is 11.8 Å². The molecule has 0 aromatic heterocycles. The van der Waals surface area contributed by atoms with Crippen molar-refractivity contribution in [3.63, 3.8) is 0 Å². The van der Waals surface area contributed by atoms with E-state index >= 15 is 0 Å². The SMILES string of the molecule is CCCCCCCCCCCCCCCC(=O)OCC(COC(=O)CCCCCCCCCCCCCCC)OC(=O)CCC(C)C(C)C(=O)O. The second-order valence-electron chi connectivity index (χ2n) is 15.1. The van der Waals surface area contributed by atoms with Crippen LogP contribution in [-0.2, 0) is 33.4 Å². The zero-order chi connectivity index (χ0) is 37.8. The number of hydrogen-bond donors (Lipinski definition) is 1. The molecule has 0 aliphatic rings. The van der Waals surface area contributed by atoms with Crippen LogP contribution in [0.25, 0.3) is 0 Å². The van der Waals surface area contributed by atoms with Crippen LogP contribution in [-0.4, -0.2) is 48.3 Å². The number of carboxylic acid groups (broad SMARTS) is 1. The van der Waals surface area contributed by atoms with Crippen molar-refractivity contribution in [1.82, 2.24) is 0 Å². The average Bonchev–Trinajstić information content (AvgIpc) is 3.11. The van der Waals surface area contributed by atoms with Gasteiger partial charge in [0.05, 0.1) is 5.92 Å². The second-order valence-corrected chi connectivity index (χ2v) is 15.1. The van der Waals surface area contributed by atoms with Gasteiger partial charge in [-0.05, 0) is 25.2 Å². The minimum Gasteiger partial charge on any atom is -0.481 e. The van der Waals surface area contributed by atoms with E-state index in [9.17, 15) is 24.3 Å². The Balaban J connectivity index is 4.34. The van der Waals surface area contributed by atoms with Gasteiger partial charge in [0.25, 0.3) is 0 Å². The van der Waals surface area contributed by atoms with Gasteiger partial charge in [-0.1, -0.05) is 182 Å². The largest absolute Gasteiger partial charge is 0.481 e. The first-order valence-electron chi connectivity index (χ1n) is 21.4. The number of ether oxygens (including phenoxy) is 3. The molecule has 0 radical (unpaired) electrons. The summed E-state index contributed by atoms with van der Waals surface area (Å²) in [6.07, 6.45) is 32.1. The number of esters is 3. The Bertz CT molecular complexity index is 798. The Morgan fingerprint density at radius 1 is 0.451 bits per heavy atom. The normalized spacial score (nSPS) is 12.5. The standard InChI is InChI=1S/C43H80O8/c1-5-7-9-11-13-15-17-19-21-23-25-27-29-31-40(44)49-35-39(51-42(46)34-33-37(3)38(4)43(47)48)36-50-41(45)32-30-28-26-24-22-20-18-16-14-12-10-8-6-2/h37-39H,5-36H2,1-4H3,(H,47,48). The van der Waals surface area contributed by atoms with E-state index in [0.29, 0.717) is 19.3 Å². The highest BCUT2D eigenvalue weighted by Crippen LogP contribution is 2.19. The molecule has 0 amide bonds.